The lowest BCUT2D eigenvalue weighted by Crippen LogP contribution is -2.48. The highest BCUT2D eigenvalue weighted by molar-refractivity contribution is 7.89. The summed E-state index contributed by atoms with van der Waals surface area (Å²) in [5, 5.41) is 7.96. The van der Waals surface area contributed by atoms with E-state index >= 15 is 0 Å². The molecular weight excluding hydrogens is 446 g/mol. The first-order chi connectivity index (χ1) is 15.7. The van der Waals surface area contributed by atoms with Gasteiger partial charge in [0, 0.05) is 18.7 Å². The number of rotatable bonds is 6. The van der Waals surface area contributed by atoms with Crippen molar-refractivity contribution in [2.24, 2.45) is 0 Å². The fraction of sp³-hybridized carbons (Fsp3) is 0.348. The van der Waals surface area contributed by atoms with Crippen molar-refractivity contribution in [2.45, 2.75) is 44.0 Å². The highest BCUT2D eigenvalue weighted by Gasteiger charge is 2.32. The average Bonchev–Trinajstić information content (AvgIpc) is 3.30. The number of esters is 1. The molecule has 0 radical (unpaired) electrons. The van der Waals surface area contributed by atoms with Crippen LogP contribution in [-0.2, 0) is 19.5 Å². The molecule has 0 spiro atoms. The van der Waals surface area contributed by atoms with Crippen molar-refractivity contribution in [3.8, 4) is 11.5 Å². The number of carbonyl (C=O) groups is 1. The Balaban J connectivity index is 1.48. The Morgan fingerprint density at radius 3 is 2.45 bits per heavy atom. The Labute approximate surface area is 192 Å². The molecule has 2 heterocycles. The first-order valence-electron chi connectivity index (χ1n) is 10.6. The first kappa shape index (κ1) is 23.1. The van der Waals surface area contributed by atoms with Crippen molar-refractivity contribution in [2.75, 3.05) is 13.1 Å². The topological polar surface area (TPSA) is 112 Å². The maximum Gasteiger partial charge on any atom is 0.338 e. The number of hydrogen-bond acceptors (Lipinski definition) is 8. The van der Waals surface area contributed by atoms with Crippen LogP contribution in [0.1, 0.15) is 43.1 Å². The normalized spacial score (nSPS) is 20.3. The predicted molar refractivity (Wildman–Crippen MR) is 119 cm³/mol. The van der Waals surface area contributed by atoms with Crippen molar-refractivity contribution in [1.82, 2.24) is 14.5 Å². The quantitative estimate of drug-likeness (QED) is 0.503. The van der Waals surface area contributed by atoms with Gasteiger partial charge in [-0.05, 0) is 51.1 Å². The Morgan fingerprint density at radius 2 is 1.76 bits per heavy atom. The number of aromatic nitrogens is 2. The molecule has 4 rings (SSSR count). The van der Waals surface area contributed by atoms with Gasteiger partial charge in [0.2, 0.25) is 15.9 Å². The van der Waals surface area contributed by atoms with Gasteiger partial charge < -0.3 is 13.9 Å². The van der Waals surface area contributed by atoms with E-state index in [1.807, 2.05) is 44.2 Å². The van der Waals surface area contributed by atoms with Gasteiger partial charge in [-0.2, -0.15) is 4.31 Å². The van der Waals surface area contributed by atoms with Crippen LogP contribution in [0.3, 0.4) is 0 Å². The summed E-state index contributed by atoms with van der Waals surface area (Å²) in [5.41, 5.74) is 0.861. The second kappa shape index (κ2) is 9.42. The predicted octanol–water partition coefficient (Wildman–Crippen LogP) is 3.45. The standard InChI is InChI=1S/C23H25N3O6S/c1-15-13-26(14-16(2)30-15)33(28,29)20-11-7-10-19(12-20)23(27)31-17(3)21-24-25-22(32-21)18-8-5-4-6-9-18/h4-12,15-17H,13-14H2,1-3H3/t15-,16+,17-/m1/s1. The van der Waals surface area contributed by atoms with Gasteiger partial charge in [0.15, 0.2) is 6.10 Å². The van der Waals surface area contributed by atoms with E-state index in [0.717, 1.165) is 5.56 Å². The van der Waals surface area contributed by atoms with E-state index in [-0.39, 0.29) is 41.6 Å². The van der Waals surface area contributed by atoms with E-state index in [2.05, 4.69) is 10.2 Å². The van der Waals surface area contributed by atoms with E-state index in [1.165, 1.54) is 28.6 Å². The van der Waals surface area contributed by atoms with Crippen molar-refractivity contribution in [3.63, 3.8) is 0 Å². The number of morpholine rings is 1. The molecule has 2 aromatic carbocycles. The Kier molecular flexibility index (Phi) is 6.59. The number of benzene rings is 2. The van der Waals surface area contributed by atoms with Gasteiger partial charge in [-0.25, -0.2) is 13.2 Å². The van der Waals surface area contributed by atoms with E-state index in [4.69, 9.17) is 13.9 Å². The van der Waals surface area contributed by atoms with Gasteiger partial charge in [-0.15, -0.1) is 10.2 Å². The Hall–Kier alpha value is -3.08. The molecule has 1 aliphatic rings. The molecule has 0 saturated carbocycles. The van der Waals surface area contributed by atoms with Crippen LogP contribution in [0, 0.1) is 0 Å². The molecule has 3 aromatic rings. The monoisotopic (exact) mass is 471 g/mol. The van der Waals surface area contributed by atoms with Gasteiger partial charge in [0.05, 0.1) is 22.7 Å². The SMILES string of the molecule is C[C@@H]1CN(S(=O)(=O)c2cccc(C(=O)O[C@H](C)c3nnc(-c4ccccc4)o3)c2)C[C@H](C)O1. The third kappa shape index (κ3) is 5.13. The minimum atomic E-state index is -3.79. The number of nitrogens with zero attached hydrogens (tertiary/aromatic N) is 3. The summed E-state index contributed by atoms with van der Waals surface area (Å²) in [6.45, 7) is 5.76. The molecule has 0 bridgehead atoms. The summed E-state index contributed by atoms with van der Waals surface area (Å²) in [6.07, 6.45) is -1.25. The zero-order chi connectivity index (χ0) is 23.6. The molecular formula is C23H25N3O6S. The van der Waals surface area contributed by atoms with Gasteiger partial charge in [0.1, 0.15) is 0 Å². The summed E-state index contributed by atoms with van der Waals surface area (Å²) in [7, 11) is -3.79. The van der Waals surface area contributed by atoms with Crippen LogP contribution >= 0.6 is 0 Å². The van der Waals surface area contributed by atoms with Crippen molar-refractivity contribution in [1.29, 1.82) is 0 Å². The zero-order valence-corrected chi connectivity index (χ0v) is 19.4. The smallest absolute Gasteiger partial charge is 0.338 e. The molecule has 174 valence electrons. The lowest BCUT2D eigenvalue weighted by molar-refractivity contribution is -0.0440. The van der Waals surface area contributed by atoms with E-state index in [9.17, 15) is 13.2 Å². The van der Waals surface area contributed by atoms with Crippen LogP contribution < -0.4 is 0 Å². The van der Waals surface area contributed by atoms with Crippen LogP contribution in [0.4, 0.5) is 0 Å². The van der Waals surface area contributed by atoms with Gasteiger partial charge in [-0.1, -0.05) is 24.3 Å². The molecule has 9 nitrogen and oxygen atoms in total. The largest absolute Gasteiger partial charge is 0.449 e. The van der Waals surface area contributed by atoms with Crippen molar-refractivity contribution < 1.29 is 27.1 Å². The number of hydrogen-bond donors (Lipinski definition) is 0. The molecule has 1 aromatic heterocycles. The highest BCUT2D eigenvalue weighted by atomic mass is 32.2. The zero-order valence-electron chi connectivity index (χ0n) is 18.5. The molecule has 1 fully saturated rings. The lowest BCUT2D eigenvalue weighted by atomic mass is 10.2. The summed E-state index contributed by atoms with van der Waals surface area (Å²) >= 11 is 0. The average molecular weight is 472 g/mol. The summed E-state index contributed by atoms with van der Waals surface area (Å²) in [4.78, 5) is 12.7. The second-order valence-electron chi connectivity index (χ2n) is 7.97. The first-order valence-corrected chi connectivity index (χ1v) is 12.0. The maximum atomic E-state index is 13.1. The second-order valence-corrected chi connectivity index (χ2v) is 9.90. The molecule has 0 N–H and O–H groups in total. The molecule has 33 heavy (non-hydrogen) atoms. The fourth-order valence-corrected chi connectivity index (χ4v) is 5.27. The molecule has 1 aliphatic heterocycles. The van der Waals surface area contributed by atoms with E-state index < -0.39 is 22.1 Å². The summed E-state index contributed by atoms with van der Waals surface area (Å²) in [6, 6.07) is 15.0. The number of ether oxygens (including phenoxy) is 2. The lowest BCUT2D eigenvalue weighted by Gasteiger charge is -2.34. The minimum absolute atomic E-state index is 0.0232. The molecule has 0 unspecified atom stereocenters. The van der Waals surface area contributed by atoms with Crippen LogP contribution in [0.2, 0.25) is 0 Å². The molecule has 0 aliphatic carbocycles. The van der Waals surface area contributed by atoms with Crippen LogP contribution in [0.15, 0.2) is 63.9 Å². The highest BCUT2D eigenvalue weighted by Crippen LogP contribution is 2.25. The Bertz CT molecular complexity index is 1220. The summed E-state index contributed by atoms with van der Waals surface area (Å²) < 4.78 is 44.3. The van der Waals surface area contributed by atoms with E-state index in [0.29, 0.717) is 5.89 Å². The van der Waals surface area contributed by atoms with Gasteiger partial charge >= 0.3 is 5.97 Å². The Morgan fingerprint density at radius 1 is 1.06 bits per heavy atom. The summed E-state index contributed by atoms with van der Waals surface area (Å²) in [5.74, 6) is -0.236. The number of sulfonamides is 1. The molecule has 1 saturated heterocycles. The third-order valence-corrected chi connectivity index (χ3v) is 7.01. The van der Waals surface area contributed by atoms with Crippen molar-refractivity contribution in [3.05, 3.63) is 66.1 Å². The minimum Gasteiger partial charge on any atom is -0.449 e. The maximum absolute atomic E-state index is 13.1. The van der Waals surface area contributed by atoms with Crippen LogP contribution in [0.5, 0.6) is 0 Å². The van der Waals surface area contributed by atoms with E-state index in [1.54, 1.807) is 6.92 Å². The van der Waals surface area contributed by atoms with Crippen LogP contribution in [0.25, 0.3) is 11.5 Å². The molecule has 10 heteroatoms. The molecule has 3 atom stereocenters. The third-order valence-electron chi connectivity index (χ3n) is 5.19. The van der Waals surface area contributed by atoms with Gasteiger partial charge in [0.25, 0.3) is 5.89 Å². The van der Waals surface area contributed by atoms with Crippen molar-refractivity contribution >= 4 is 16.0 Å². The van der Waals surface area contributed by atoms with Gasteiger partial charge in [-0.3, -0.25) is 0 Å². The number of carbonyl (C=O) groups excluding carboxylic acids is 1. The molecule has 0 amide bonds. The fourth-order valence-electron chi connectivity index (χ4n) is 3.63. The van der Waals surface area contributed by atoms with Crippen LogP contribution in [-0.4, -0.2) is 54.2 Å².